The largest absolute Gasteiger partial charge is 0.616 e. The van der Waals surface area contributed by atoms with Crippen molar-refractivity contribution in [1.29, 1.82) is 0 Å². The molecule has 0 aliphatic heterocycles. The lowest BCUT2D eigenvalue weighted by molar-refractivity contribution is 0.133. The smallest absolute Gasteiger partial charge is 0.141 e. The predicted molar refractivity (Wildman–Crippen MR) is 107 cm³/mol. The van der Waals surface area contributed by atoms with Crippen molar-refractivity contribution in [3.63, 3.8) is 0 Å². The molecule has 0 spiro atoms. The predicted octanol–water partition coefficient (Wildman–Crippen LogP) is 6.13. The van der Waals surface area contributed by atoms with E-state index in [1.54, 1.807) is 0 Å². The minimum absolute atomic E-state index is 0.0430. The van der Waals surface area contributed by atoms with Gasteiger partial charge >= 0.3 is 0 Å². The van der Waals surface area contributed by atoms with Gasteiger partial charge in [0.15, 0.2) is 0 Å². The Labute approximate surface area is 154 Å². The average Bonchev–Trinajstić information content (AvgIpc) is 2.59. The number of hydrogen-bond acceptors (Lipinski definition) is 2. The number of rotatable bonds is 14. The number of aliphatic hydroxyl groups excluding tert-OH is 1. The van der Waals surface area contributed by atoms with Crippen LogP contribution in [0.15, 0.2) is 0 Å². The Kier molecular flexibility index (Phi) is 13.4. The van der Waals surface area contributed by atoms with E-state index in [2.05, 4.69) is 13.8 Å². The first kappa shape index (κ1) is 22.3. The van der Waals surface area contributed by atoms with Crippen LogP contribution in [0.4, 0.5) is 0 Å². The summed E-state index contributed by atoms with van der Waals surface area (Å²) in [6, 6.07) is 0. The molecule has 1 aliphatic rings. The van der Waals surface area contributed by atoms with E-state index < -0.39 is 11.2 Å². The van der Waals surface area contributed by atoms with E-state index in [4.69, 9.17) is 0 Å². The van der Waals surface area contributed by atoms with Gasteiger partial charge in [-0.05, 0) is 50.2 Å². The number of hydrogen-bond donors (Lipinski definition) is 1. The van der Waals surface area contributed by atoms with Gasteiger partial charge in [0.1, 0.15) is 16.6 Å². The fraction of sp³-hybridized carbons (Fsp3) is 1.00. The van der Waals surface area contributed by atoms with Gasteiger partial charge in [0, 0.05) is 0 Å². The minimum Gasteiger partial charge on any atom is -0.616 e. The van der Waals surface area contributed by atoms with Crippen molar-refractivity contribution in [2.24, 2.45) is 0 Å². The van der Waals surface area contributed by atoms with E-state index in [1.165, 1.54) is 70.6 Å². The van der Waals surface area contributed by atoms with E-state index in [1.807, 2.05) is 0 Å². The van der Waals surface area contributed by atoms with Gasteiger partial charge in [-0.2, -0.15) is 0 Å². The molecule has 0 heterocycles. The standard InChI is InChI=1S/C21H42O2S/c1-3-4-5-6-7-8-9-10-11-12-13-16-19(2)24(23)21-18-15-14-17-20(21)22/h19-22H,3-18H2,1-2H3/t19?,20-,21-,24?/m0/s1. The molecule has 144 valence electrons. The van der Waals surface area contributed by atoms with E-state index >= 15 is 0 Å². The van der Waals surface area contributed by atoms with Crippen LogP contribution < -0.4 is 0 Å². The molecule has 0 aromatic carbocycles. The Bertz CT molecular complexity index is 285. The third-order valence-electron chi connectivity index (χ3n) is 5.58. The first-order valence-corrected chi connectivity index (χ1v) is 12.0. The summed E-state index contributed by atoms with van der Waals surface area (Å²) in [6.07, 6.45) is 19.8. The highest BCUT2D eigenvalue weighted by molar-refractivity contribution is 7.92. The van der Waals surface area contributed by atoms with Crippen LogP contribution in [0.1, 0.15) is 117 Å². The van der Waals surface area contributed by atoms with Crippen LogP contribution in [-0.2, 0) is 11.2 Å². The van der Waals surface area contributed by atoms with Crippen LogP contribution >= 0.6 is 0 Å². The molecule has 2 nitrogen and oxygen atoms in total. The first-order chi connectivity index (χ1) is 11.7. The van der Waals surface area contributed by atoms with Gasteiger partial charge < -0.3 is 9.66 Å². The van der Waals surface area contributed by atoms with Gasteiger partial charge in [0.2, 0.25) is 0 Å². The van der Waals surface area contributed by atoms with Crippen molar-refractivity contribution in [2.75, 3.05) is 0 Å². The van der Waals surface area contributed by atoms with Gasteiger partial charge in [-0.25, -0.2) is 0 Å². The third-order valence-corrected chi connectivity index (χ3v) is 7.75. The van der Waals surface area contributed by atoms with Crippen LogP contribution in [0.5, 0.6) is 0 Å². The molecule has 1 N–H and O–H groups in total. The monoisotopic (exact) mass is 358 g/mol. The van der Waals surface area contributed by atoms with Crippen molar-refractivity contribution in [3.8, 4) is 0 Å². The minimum atomic E-state index is -0.846. The molecule has 1 aliphatic carbocycles. The van der Waals surface area contributed by atoms with E-state index in [9.17, 15) is 9.66 Å². The molecule has 24 heavy (non-hydrogen) atoms. The highest BCUT2D eigenvalue weighted by Crippen LogP contribution is 2.28. The molecule has 4 atom stereocenters. The second-order valence-electron chi connectivity index (χ2n) is 7.85. The SMILES string of the molecule is CCCCCCCCCCCCCC(C)[S+]([O-])[C@H]1CCCC[C@@H]1O. The molecule has 0 aromatic heterocycles. The summed E-state index contributed by atoms with van der Waals surface area (Å²) in [5.74, 6) is 0. The number of unbranched alkanes of at least 4 members (excludes halogenated alkanes) is 10. The normalized spacial score (nSPS) is 24.0. The van der Waals surface area contributed by atoms with Gasteiger partial charge in [-0.3, -0.25) is 0 Å². The summed E-state index contributed by atoms with van der Waals surface area (Å²) in [4.78, 5) is 0. The fourth-order valence-electron chi connectivity index (χ4n) is 3.86. The molecule has 0 saturated heterocycles. The molecule has 0 radical (unpaired) electrons. The molecule has 2 unspecified atom stereocenters. The van der Waals surface area contributed by atoms with Crippen LogP contribution in [0.25, 0.3) is 0 Å². The Morgan fingerprint density at radius 2 is 1.38 bits per heavy atom. The van der Waals surface area contributed by atoms with E-state index in [0.29, 0.717) is 0 Å². The molecule has 1 fully saturated rings. The van der Waals surface area contributed by atoms with Gasteiger partial charge in [-0.1, -0.05) is 77.6 Å². The second-order valence-corrected chi connectivity index (χ2v) is 9.92. The molecule has 0 bridgehead atoms. The van der Waals surface area contributed by atoms with Crippen molar-refractivity contribution < 1.29 is 9.66 Å². The lowest BCUT2D eigenvalue weighted by Gasteiger charge is -2.32. The summed E-state index contributed by atoms with van der Waals surface area (Å²) in [5, 5.41) is 10.3. The van der Waals surface area contributed by atoms with Crippen LogP contribution in [0, 0.1) is 0 Å². The zero-order valence-electron chi connectivity index (χ0n) is 16.3. The van der Waals surface area contributed by atoms with Crippen LogP contribution in [-0.4, -0.2) is 26.3 Å². The molecule has 1 saturated carbocycles. The average molecular weight is 359 g/mol. The zero-order valence-corrected chi connectivity index (χ0v) is 17.1. The van der Waals surface area contributed by atoms with Crippen molar-refractivity contribution in [3.05, 3.63) is 0 Å². The Hall–Kier alpha value is 0.270. The summed E-state index contributed by atoms with van der Waals surface area (Å²) >= 11 is -0.846. The summed E-state index contributed by atoms with van der Waals surface area (Å²) in [7, 11) is 0. The van der Waals surface area contributed by atoms with Gasteiger partial charge in [0.25, 0.3) is 0 Å². The first-order valence-electron chi connectivity index (χ1n) is 10.7. The molecular weight excluding hydrogens is 316 g/mol. The van der Waals surface area contributed by atoms with Gasteiger partial charge in [-0.15, -0.1) is 0 Å². The third kappa shape index (κ3) is 9.68. The van der Waals surface area contributed by atoms with Crippen molar-refractivity contribution in [2.45, 2.75) is 133 Å². The Morgan fingerprint density at radius 1 is 0.875 bits per heavy atom. The maximum Gasteiger partial charge on any atom is 0.141 e. The molecular formula is C21H42O2S. The number of aliphatic hydroxyl groups is 1. The Morgan fingerprint density at radius 3 is 1.92 bits per heavy atom. The van der Waals surface area contributed by atoms with Crippen molar-refractivity contribution in [1.82, 2.24) is 0 Å². The lowest BCUT2D eigenvalue weighted by atomic mass is 9.97. The summed E-state index contributed by atoms with van der Waals surface area (Å²) in [6.45, 7) is 4.39. The topological polar surface area (TPSA) is 43.3 Å². The maximum absolute atomic E-state index is 12.6. The molecule has 0 aromatic rings. The van der Waals surface area contributed by atoms with Gasteiger partial charge in [0.05, 0.1) is 0 Å². The van der Waals surface area contributed by atoms with Crippen LogP contribution in [0.2, 0.25) is 0 Å². The quantitative estimate of drug-likeness (QED) is 0.300. The highest BCUT2D eigenvalue weighted by atomic mass is 32.2. The molecule has 3 heteroatoms. The lowest BCUT2D eigenvalue weighted by Crippen LogP contribution is -2.41. The summed E-state index contributed by atoms with van der Waals surface area (Å²) < 4.78 is 12.6. The molecule has 1 rings (SSSR count). The van der Waals surface area contributed by atoms with Crippen molar-refractivity contribution >= 4 is 11.2 Å². The Balaban J connectivity index is 1.94. The fourth-order valence-corrected chi connectivity index (χ4v) is 5.70. The highest BCUT2D eigenvalue weighted by Gasteiger charge is 2.35. The summed E-state index contributed by atoms with van der Waals surface area (Å²) in [5.41, 5.74) is 0. The molecule has 0 amide bonds. The second kappa shape index (κ2) is 14.4. The maximum atomic E-state index is 12.6. The van der Waals surface area contributed by atoms with Crippen LogP contribution in [0.3, 0.4) is 0 Å². The zero-order chi connectivity index (χ0) is 17.6. The van der Waals surface area contributed by atoms with E-state index in [0.717, 1.165) is 32.1 Å². The van der Waals surface area contributed by atoms with E-state index in [-0.39, 0.29) is 16.6 Å².